The van der Waals surface area contributed by atoms with E-state index in [9.17, 15) is 14.6 Å². The van der Waals surface area contributed by atoms with E-state index in [-0.39, 0.29) is 17.5 Å². The SMILES string of the molecule is OCCC(O)C(O)c1ccc(F)c(Br)c1. The highest BCUT2D eigenvalue weighted by Crippen LogP contribution is 2.24. The third-order valence-electron chi connectivity index (χ3n) is 2.07. The Labute approximate surface area is 95.3 Å². The van der Waals surface area contributed by atoms with Crippen molar-refractivity contribution >= 4 is 15.9 Å². The molecule has 0 aliphatic heterocycles. The molecule has 0 radical (unpaired) electrons. The molecule has 15 heavy (non-hydrogen) atoms. The molecule has 5 heteroatoms. The van der Waals surface area contributed by atoms with E-state index >= 15 is 0 Å². The van der Waals surface area contributed by atoms with E-state index in [1.165, 1.54) is 18.2 Å². The van der Waals surface area contributed by atoms with Gasteiger partial charge in [-0.2, -0.15) is 0 Å². The lowest BCUT2D eigenvalue weighted by Gasteiger charge is -2.17. The van der Waals surface area contributed by atoms with Gasteiger partial charge in [-0.3, -0.25) is 0 Å². The highest BCUT2D eigenvalue weighted by Gasteiger charge is 2.18. The topological polar surface area (TPSA) is 60.7 Å². The maximum atomic E-state index is 12.9. The molecule has 2 atom stereocenters. The molecule has 0 fully saturated rings. The van der Waals surface area contributed by atoms with E-state index in [1.807, 2.05) is 0 Å². The van der Waals surface area contributed by atoms with E-state index < -0.39 is 18.0 Å². The zero-order chi connectivity index (χ0) is 11.4. The molecule has 3 nitrogen and oxygen atoms in total. The quantitative estimate of drug-likeness (QED) is 0.780. The summed E-state index contributed by atoms with van der Waals surface area (Å²) in [5.41, 5.74) is 0.407. The van der Waals surface area contributed by atoms with Crippen LogP contribution in [-0.4, -0.2) is 28.0 Å². The van der Waals surface area contributed by atoms with Crippen LogP contribution in [0, 0.1) is 5.82 Å². The van der Waals surface area contributed by atoms with Crippen LogP contribution in [-0.2, 0) is 0 Å². The van der Waals surface area contributed by atoms with Gasteiger partial charge in [-0.05, 0) is 40.0 Å². The Kier molecular flexibility index (Phi) is 4.66. The fraction of sp³-hybridized carbons (Fsp3) is 0.400. The Bertz CT molecular complexity index is 332. The number of hydrogen-bond acceptors (Lipinski definition) is 3. The molecule has 0 bridgehead atoms. The average molecular weight is 279 g/mol. The average Bonchev–Trinajstić information content (AvgIpc) is 2.21. The fourth-order valence-corrected chi connectivity index (χ4v) is 1.61. The first-order chi connectivity index (χ1) is 7.06. The minimum absolute atomic E-state index is 0.0795. The van der Waals surface area contributed by atoms with Gasteiger partial charge in [0, 0.05) is 6.61 Å². The molecule has 84 valence electrons. The van der Waals surface area contributed by atoms with Gasteiger partial charge in [0.1, 0.15) is 11.9 Å². The van der Waals surface area contributed by atoms with Crippen LogP contribution in [0.1, 0.15) is 18.1 Å². The summed E-state index contributed by atoms with van der Waals surface area (Å²) in [5.74, 6) is -0.428. The highest BCUT2D eigenvalue weighted by atomic mass is 79.9. The van der Waals surface area contributed by atoms with Crippen LogP contribution in [0.4, 0.5) is 4.39 Å². The zero-order valence-electron chi connectivity index (χ0n) is 7.90. The van der Waals surface area contributed by atoms with Crippen molar-refractivity contribution in [1.82, 2.24) is 0 Å². The second-order valence-corrected chi connectivity index (χ2v) is 4.05. The molecule has 0 aliphatic carbocycles. The van der Waals surface area contributed by atoms with Gasteiger partial charge in [0.25, 0.3) is 0 Å². The number of aliphatic hydroxyl groups excluding tert-OH is 3. The lowest BCUT2D eigenvalue weighted by Crippen LogP contribution is -2.19. The second-order valence-electron chi connectivity index (χ2n) is 3.20. The van der Waals surface area contributed by atoms with Crippen LogP contribution in [0.3, 0.4) is 0 Å². The summed E-state index contributed by atoms with van der Waals surface area (Å²) in [4.78, 5) is 0. The van der Waals surface area contributed by atoms with Crippen molar-refractivity contribution < 1.29 is 19.7 Å². The molecular formula is C10H12BrFO3. The fourth-order valence-electron chi connectivity index (χ4n) is 1.21. The molecular weight excluding hydrogens is 267 g/mol. The predicted octanol–water partition coefficient (Wildman–Crippen LogP) is 1.36. The number of hydrogen-bond donors (Lipinski definition) is 3. The smallest absolute Gasteiger partial charge is 0.137 e. The summed E-state index contributed by atoms with van der Waals surface area (Å²) in [6.45, 7) is -0.208. The third kappa shape index (κ3) is 3.24. The van der Waals surface area contributed by atoms with Crippen molar-refractivity contribution in [2.75, 3.05) is 6.61 Å². The summed E-state index contributed by atoms with van der Waals surface area (Å²) in [6, 6.07) is 4.00. The minimum Gasteiger partial charge on any atom is -0.396 e. The van der Waals surface area contributed by atoms with Gasteiger partial charge in [-0.25, -0.2) is 4.39 Å². The minimum atomic E-state index is -1.12. The van der Waals surface area contributed by atoms with Gasteiger partial charge in [0.05, 0.1) is 10.6 Å². The molecule has 1 aromatic rings. The van der Waals surface area contributed by atoms with E-state index in [0.717, 1.165) is 0 Å². The van der Waals surface area contributed by atoms with Crippen LogP contribution < -0.4 is 0 Å². The van der Waals surface area contributed by atoms with Crippen LogP contribution in [0.2, 0.25) is 0 Å². The van der Waals surface area contributed by atoms with Crippen molar-refractivity contribution in [3.05, 3.63) is 34.1 Å². The Morgan fingerprint density at radius 3 is 2.53 bits per heavy atom. The standard InChI is InChI=1S/C10H12BrFO3/c11-7-5-6(1-2-8(7)12)10(15)9(14)3-4-13/h1-2,5,9-10,13-15H,3-4H2. The molecule has 0 aromatic heterocycles. The number of halogens is 2. The van der Waals surface area contributed by atoms with E-state index in [4.69, 9.17) is 5.11 Å². The molecule has 0 heterocycles. The molecule has 0 saturated carbocycles. The summed E-state index contributed by atoms with van der Waals surface area (Å²) in [6.07, 6.45) is -2.09. The van der Waals surface area contributed by atoms with Crippen molar-refractivity contribution in [3.8, 4) is 0 Å². The normalized spacial score (nSPS) is 15.0. The van der Waals surface area contributed by atoms with Crippen LogP contribution in [0.15, 0.2) is 22.7 Å². The number of benzene rings is 1. The van der Waals surface area contributed by atoms with Gasteiger partial charge in [0.15, 0.2) is 0 Å². The molecule has 0 amide bonds. The maximum Gasteiger partial charge on any atom is 0.137 e. The van der Waals surface area contributed by atoms with Crippen LogP contribution >= 0.6 is 15.9 Å². The molecule has 1 rings (SSSR count). The summed E-state index contributed by atoms with van der Waals surface area (Å²) < 4.78 is 13.1. The molecule has 0 aliphatic rings. The Balaban J connectivity index is 2.81. The van der Waals surface area contributed by atoms with Crippen molar-refractivity contribution in [1.29, 1.82) is 0 Å². The van der Waals surface area contributed by atoms with Gasteiger partial charge in [-0.15, -0.1) is 0 Å². The predicted molar refractivity (Wildman–Crippen MR) is 56.8 cm³/mol. The largest absolute Gasteiger partial charge is 0.396 e. The molecule has 1 aromatic carbocycles. The van der Waals surface area contributed by atoms with Gasteiger partial charge < -0.3 is 15.3 Å². The molecule has 0 spiro atoms. The van der Waals surface area contributed by atoms with E-state index in [2.05, 4.69) is 15.9 Å². The Morgan fingerprint density at radius 2 is 2.00 bits per heavy atom. The van der Waals surface area contributed by atoms with E-state index in [1.54, 1.807) is 0 Å². The summed E-state index contributed by atoms with van der Waals surface area (Å²) in [5, 5.41) is 27.6. The van der Waals surface area contributed by atoms with Gasteiger partial charge in [0.2, 0.25) is 0 Å². The van der Waals surface area contributed by atoms with Crippen molar-refractivity contribution in [2.45, 2.75) is 18.6 Å². The maximum absolute atomic E-state index is 12.9. The Hall–Kier alpha value is -0.490. The summed E-state index contributed by atoms with van der Waals surface area (Å²) in [7, 11) is 0. The van der Waals surface area contributed by atoms with Crippen molar-refractivity contribution in [3.63, 3.8) is 0 Å². The second kappa shape index (κ2) is 5.55. The number of aliphatic hydroxyl groups is 3. The third-order valence-corrected chi connectivity index (χ3v) is 2.68. The Morgan fingerprint density at radius 1 is 1.33 bits per heavy atom. The lowest BCUT2D eigenvalue weighted by atomic mass is 10.0. The summed E-state index contributed by atoms with van der Waals surface area (Å²) >= 11 is 2.99. The molecule has 0 saturated heterocycles. The van der Waals surface area contributed by atoms with Crippen molar-refractivity contribution in [2.24, 2.45) is 0 Å². The van der Waals surface area contributed by atoms with Crippen LogP contribution in [0.5, 0.6) is 0 Å². The lowest BCUT2D eigenvalue weighted by molar-refractivity contribution is 0.00415. The monoisotopic (exact) mass is 278 g/mol. The number of rotatable bonds is 4. The highest BCUT2D eigenvalue weighted by molar-refractivity contribution is 9.10. The van der Waals surface area contributed by atoms with E-state index in [0.29, 0.717) is 5.56 Å². The first-order valence-electron chi connectivity index (χ1n) is 4.48. The molecule has 3 N–H and O–H groups in total. The first kappa shape index (κ1) is 12.6. The van der Waals surface area contributed by atoms with Crippen LogP contribution in [0.25, 0.3) is 0 Å². The van der Waals surface area contributed by atoms with Gasteiger partial charge in [-0.1, -0.05) is 6.07 Å². The van der Waals surface area contributed by atoms with Gasteiger partial charge >= 0.3 is 0 Å². The first-order valence-corrected chi connectivity index (χ1v) is 5.27. The molecule has 2 unspecified atom stereocenters. The zero-order valence-corrected chi connectivity index (χ0v) is 9.48.